The highest BCUT2D eigenvalue weighted by Crippen LogP contribution is 2.29. The van der Waals surface area contributed by atoms with Crippen molar-refractivity contribution in [1.29, 1.82) is 5.26 Å². The molecule has 1 aromatic rings. The van der Waals surface area contributed by atoms with Gasteiger partial charge in [-0.05, 0) is 62.8 Å². The van der Waals surface area contributed by atoms with Crippen LogP contribution in [0.1, 0.15) is 63.4 Å². The summed E-state index contributed by atoms with van der Waals surface area (Å²) in [4.78, 5) is 24.7. The van der Waals surface area contributed by atoms with E-state index in [1.807, 2.05) is 12.1 Å². The average Bonchev–Trinajstić information content (AvgIpc) is 2.81. The molecule has 3 N–H and O–H groups in total. The summed E-state index contributed by atoms with van der Waals surface area (Å²) in [6, 6.07) is 9.79. The van der Waals surface area contributed by atoms with Gasteiger partial charge in [-0.2, -0.15) is 5.26 Å². The molecule has 1 saturated heterocycles. The average molecular weight is 457 g/mol. The maximum Gasteiger partial charge on any atom is 0.226 e. The van der Waals surface area contributed by atoms with Gasteiger partial charge in [-0.3, -0.25) is 14.9 Å². The summed E-state index contributed by atoms with van der Waals surface area (Å²) in [6.07, 6.45) is 8.58. The number of ether oxygens (including phenoxy) is 1. The molecule has 2 aliphatic carbocycles. The first-order valence-corrected chi connectivity index (χ1v) is 12.8. The van der Waals surface area contributed by atoms with Crippen LogP contribution >= 0.6 is 11.8 Å². The van der Waals surface area contributed by atoms with Crippen LogP contribution in [0.5, 0.6) is 5.75 Å². The third-order valence-electron chi connectivity index (χ3n) is 6.68. The first-order valence-electron chi connectivity index (χ1n) is 11.7. The Kier molecular flexibility index (Phi) is 7.93. The number of nitriles is 1. The molecule has 3 aliphatic rings. The normalized spacial score (nSPS) is 29.8. The molecule has 172 valence electrons. The number of hydrogen-bond donors (Lipinski definition) is 3. The zero-order valence-corrected chi connectivity index (χ0v) is 19.2. The standard InChI is InChI=1S/C24H32N4O3S/c25-15-16-5-9-18(10-6-16)31-19-11-7-17(8-12-19)26-22(29)13-14-32-24-27-21-4-2-1-3-20(21)23(30)28-24/h5-6,9-10,17,19-21,24,27H,1-4,7-8,11-14H2,(H,26,29)(H,28,30). The van der Waals surface area contributed by atoms with E-state index < -0.39 is 0 Å². The molecular weight excluding hydrogens is 424 g/mol. The SMILES string of the molecule is N#Cc1ccc(OC2CCC(NC(=O)CCSC3NC(=O)C4CCCCC4N3)CC2)cc1. The van der Waals surface area contributed by atoms with Crippen molar-refractivity contribution in [1.82, 2.24) is 16.0 Å². The monoisotopic (exact) mass is 456 g/mol. The van der Waals surface area contributed by atoms with Crippen molar-refractivity contribution in [2.45, 2.75) is 81.5 Å². The van der Waals surface area contributed by atoms with Gasteiger partial charge in [0.1, 0.15) is 11.2 Å². The van der Waals surface area contributed by atoms with Crippen molar-refractivity contribution in [3.63, 3.8) is 0 Å². The summed E-state index contributed by atoms with van der Waals surface area (Å²) in [5, 5.41) is 18.6. The van der Waals surface area contributed by atoms with Gasteiger partial charge in [0.05, 0.1) is 23.7 Å². The van der Waals surface area contributed by atoms with Gasteiger partial charge >= 0.3 is 0 Å². The molecule has 0 spiro atoms. The Morgan fingerprint density at radius 1 is 1.12 bits per heavy atom. The number of hydrogen-bond acceptors (Lipinski definition) is 6. The molecule has 3 fully saturated rings. The van der Waals surface area contributed by atoms with Crippen molar-refractivity contribution in [3.05, 3.63) is 29.8 Å². The van der Waals surface area contributed by atoms with E-state index in [9.17, 15) is 9.59 Å². The molecule has 0 bridgehead atoms. The van der Waals surface area contributed by atoms with Crippen LogP contribution in [0.3, 0.4) is 0 Å². The fourth-order valence-electron chi connectivity index (χ4n) is 4.90. The minimum Gasteiger partial charge on any atom is -0.490 e. The van der Waals surface area contributed by atoms with E-state index >= 15 is 0 Å². The van der Waals surface area contributed by atoms with Crippen molar-refractivity contribution in [2.24, 2.45) is 5.92 Å². The second kappa shape index (κ2) is 11.1. The van der Waals surface area contributed by atoms with Crippen LogP contribution in [-0.4, -0.2) is 41.3 Å². The van der Waals surface area contributed by atoms with Crippen molar-refractivity contribution in [2.75, 3.05) is 5.75 Å². The first-order chi connectivity index (χ1) is 15.6. The molecular formula is C24H32N4O3S. The lowest BCUT2D eigenvalue weighted by molar-refractivity contribution is -0.129. The number of nitrogens with zero attached hydrogens (tertiary/aromatic N) is 1. The molecule has 1 aliphatic heterocycles. The largest absolute Gasteiger partial charge is 0.490 e. The number of carbonyl (C=O) groups excluding carboxylic acids is 2. The van der Waals surface area contributed by atoms with Gasteiger partial charge in [0.15, 0.2) is 0 Å². The van der Waals surface area contributed by atoms with Crippen LogP contribution < -0.4 is 20.7 Å². The minimum atomic E-state index is -0.0931. The van der Waals surface area contributed by atoms with Crippen LogP contribution in [0.15, 0.2) is 24.3 Å². The van der Waals surface area contributed by atoms with E-state index in [-0.39, 0.29) is 41.4 Å². The summed E-state index contributed by atoms with van der Waals surface area (Å²) in [6.45, 7) is 0. The van der Waals surface area contributed by atoms with E-state index in [0.717, 1.165) is 50.7 Å². The maximum atomic E-state index is 12.4. The molecule has 7 nitrogen and oxygen atoms in total. The lowest BCUT2D eigenvalue weighted by atomic mass is 9.83. The topological polar surface area (TPSA) is 103 Å². The number of fused-ring (bicyclic) bond motifs is 1. The summed E-state index contributed by atoms with van der Waals surface area (Å²) >= 11 is 1.61. The predicted octanol–water partition coefficient (Wildman–Crippen LogP) is 3.05. The molecule has 1 aromatic carbocycles. The van der Waals surface area contributed by atoms with Gasteiger partial charge in [-0.15, -0.1) is 11.8 Å². The zero-order valence-electron chi connectivity index (χ0n) is 18.3. The number of thioether (sulfide) groups is 1. The van der Waals surface area contributed by atoms with E-state index in [1.54, 1.807) is 23.9 Å². The molecule has 8 heteroatoms. The molecule has 3 unspecified atom stereocenters. The molecule has 0 aromatic heterocycles. The van der Waals surface area contributed by atoms with E-state index in [4.69, 9.17) is 10.00 Å². The summed E-state index contributed by atoms with van der Waals surface area (Å²) in [5.41, 5.74) is 0.534. The van der Waals surface area contributed by atoms with E-state index in [2.05, 4.69) is 22.0 Å². The summed E-state index contributed by atoms with van der Waals surface area (Å²) in [5.74, 6) is 1.82. The van der Waals surface area contributed by atoms with Gasteiger partial charge in [0, 0.05) is 24.3 Å². The van der Waals surface area contributed by atoms with Crippen molar-refractivity contribution >= 4 is 23.6 Å². The van der Waals surface area contributed by atoms with Gasteiger partial charge in [0.25, 0.3) is 0 Å². The minimum absolute atomic E-state index is 0.0756. The highest BCUT2D eigenvalue weighted by molar-refractivity contribution is 7.99. The molecule has 4 rings (SSSR count). The Bertz CT molecular complexity index is 833. The quantitative estimate of drug-likeness (QED) is 0.583. The molecule has 2 saturated carbocycles. The van der Waals surface area contributed by atoms with Gasteiger partial charge < -0.3 is 15.4 Å². The third-order valence-corrected chi connectivity index (χ3v) is 7.71. The number of carbonyl (C=O) groups is 2. The van der Waals surface area contributed by atoms with Crippen LogP contribution in [0.2, 0.25) is 0 Å². The Morgan fingerprint density at radius 3 is 2.62 bits per heavy atom. The second-order valence-corrected chi connectivity index (χ2v) is 10.2. The van der Waals surface area contributed by atoms with Gasteiger partial charge in [-0.1, -0.05) is 12.8 Å². The van der Waals surface area contributed by atoms with Crippen molar-refractivity contribution < 1.29 is 14.3 Å². The summed E-state index contributed by atoms with van der Waals surface area (Å²) in [7, 11) is 0. The lowest BCUT2D eigenvalue weighted by Crippen LogP contribution is -2.60. The summed E-state index contributed by atoms with van der Waals surface area (Å²) < 4.78 is 6.02. The number of nitrogens with one attached hydrogen (secondary N) is 3. The second-order valence-electron chi connectivity index (χ2n) is 8.97. The van der Waals surface area contributed by atoms with E-state index in [1.165, 1.54) is 6.42 Å². The Morgan fingerprint density at radius 2 is 1.88 bits per heavy atom. The molecule has 32 heavy (non-hydrogen) atoms. The predicted molar refractivity (Wildman–Crippen MR) is 124 cm³/mol. The molecule has 2 amide bonds. The number of rotatable bonds is 7. The molecule has 1 heterocycles. The maximum absolute atomic E-state index is 12.4. The lowest BCUT2D eigenvalue weighted by Gasteiger charge is -2.39. The fourth-order valence-corrected chi connectivity index (χ4v) is 5.91. The highest BCUT2D eigenvalue weighted by atomic mass is 32.2. The smallest absolute Gasteiger partial charge is 0.226 e. The van der Waals surface area contributed by atoms with Crippen LogP contribution in [0, 0.1) is 17.2 Å². The van der Waals surface area contributed by atoms with Gasteiger partial charge in [0.2, 0.25) is 11.8 Å². The fraction of sp³-hybridized carbons (Fsp3) is 0.625. The first kappa shape index (κ1) is 22.9. The number of benzene rings is 1. The van der Waals surface area contributed by atoms with E-state index in [0.29, 0.717) is 17.7 Å². The highest BCUT2D eigenvalue weighted by Gasteiger charge is 2.37. The zero-order chi connectivity index (χ0) is 22.3. The van der Waals surface area contributed by atoms with Crippen LogP contribution in [-0.2, 0) is 9.59 Å². The molecule has 3 atom stereocenters. The third kappa shape index (κ3) is 6.17. The molecule has 0 radical (unpaired) electrons. The van der Waals surface area contributed by atoms with Crippen LogP contribution in [0.4, 0.5) is 0 Å². The number of amides is 2. The van der Waals surface area contributed by atoms with Crippen molar-refractivity contribution in [3.8, 4) is 11.8 Å². The Labute approximate surface area is 194 Å². The Balaban J connectivity index is 1.11. The Hall–Kier alpha value is -2.24. The van der Waals surface area contributed by atoms with Gasteiger partial charge in [-0.25, -0.2) is 0 Å². The van der Waals surface area contributed by atoms with Crippen LogP contribution in [0.25, 0.3) is 0 Å².